The number of hydrogen-bond donors (Lipinski definition) is 15. The molecule has 45 heavy (non-hydrogen) atoms. The molecule has 0 spiro atoms. The van der Waals surface area contributed by atoms with Gasteiger partial charge in [0.1, 0.15) is 30.2 Å². The van der Waals surface area contributed by atoms with E-state index in [0.29, 0.717) is 19.4 Å². The predicted molar refractivity (Wildman–Crippen MR) is 158 cm³/mol. The summed E-state index contributed by atoms with van der Waals surface area (Å²) in [5, 5.41) is 60.3. The van der Waals surface area contributed by atoms with Gasteiger partial charge < -0.3 is 81.2 Å². The number of aliphatic hydroxyl groups excluding tert-OH is 2. The molecule has 6 atom stereocenters. The first-order valence-corrected chi connectivity index (χ1v) is 13.1. The molecule has 0 bridgehead atoms. The summed E-state index contributed by atoms with van der Waals surface area (Å²) in [6, 6.07) is -4.35. The van der Waals surface area contributed by atoms with Crippen molar-refractivity contribution in [1.29, 1.82) is 0 Å². The first-order chi connectivity index (χ1) is 20.6. The van der Waals surface area contributed by atoms with Crippen molar-refractivity contribution < 1.29 is 64.5 Å². The van der Waals surface area contributed by atoms with Gasteiger partial charge >= 0.3 is 29.8 Å². The topological polar surface area (TPSA) is 451 Å². The third-order valence-electron chi connectivity index (χ3n) is 4.98. The van der Waals surface area contributed by atoms with E-state index in [0.717, 1.165) is 19.4 Å². The molecule has 0 aliphatic carbocycles. The van der Waals surface area contributed by atoms with Gasteiger partial charge in [-0.3, -0.25) is 33.8 Å². The van der Waals surface area contributed by atoms with Gasteiger partial charge in [0.15, 0.2) is 5.96 Å². The van der Waals surface area contributed by atoms with Crippen molar-refractivity contribution >= 4 is 41.7 Å². The summed E-state index contributed by atoms with van der Waals surface area (Å²) in [4.78, 5) is 63.7. The van der Waals surface area contributed by atoms with Gasteiger partial charge in [0.2, 0.25) is 5.91 Å². The molecule has 22 nitrogen and oxygen atoms in total. The van der Waals surface area contributed by atoms with Crippen LogP contribution >= 0.6 is 0 Å². The minimum atomic E-state index is -1.18. The zero-order chi connectivity index (χ0) is 36.3. The molecule has 0 aromatic rings. The third kappa shape index (κ3) is 34.2. The molecule has 0 radical (unpaired) electrons. The van der Waals surface area contributed by atoms with Crippen molar-refractivity contribution in [2.45, 2.75) is 81.8 Å². The van der Waals surface area contributed by atoms with Gasteiger partial charge in [-0.1, -0.05) is 0 Å². The number of carboxylic acid groups (broad SMARTS) is 5. The Balaban J connectivity index is -0.000000237. The van der Waals surface area contributed by atoms with E-state index in [2.05, 4.69) is 10.3 Å². The van der Waals surface area contributed by atoms with Gasteiger partial charge in [0, 0.05) is 13.0 Å². The van der Waals surface area contributed by atoms with Crippen LogP contribution in [0.4, 0.5) is 0 Å². The lowest BCUT2D eigenvalue weighted by atomic mass is 10.2. The number of primary amides is 1. The fraction of sp³-hybridized carbons (Fsp3) is 0.696. The number of amides is 1. The number of carbonyl (C=O) groups is 6. The van der Waals surface area contributed by atoms with E-state index in [4.69, 9.17) is 75.9 Å². The number of hydrogen-bond acceptors (Lipinski definition) is 14. The highest BCUT2D eigenvalue weighted by Crippen LogP contribution is 2.03. The average molecular weight is 660 g/mol. The second-order valence-corrected chi connectivity index (χ2v) is 9.06. The van der Waals surface area contributed by atoms with Gasteiger partial charge in [-0.15, -0.1) is 0 Å². The second kappa shape index (κ2) is 28.6. The molecular formula is C23H49N9O13. The smallest absolute Gasteiger partial charge is 0.323 e. The monoisotopic (exact) mass is 659 g/mol. The van der Waals surface area contributed by atoms with E-state index in [-0.39, 0.29) is 24.8 Å². The molecule has 6 unspecified atom stereocenters. The molecule has 1 aliphatic rings. The number of aliphatic imine (C=N–C) groups is 1. The van der Waals surface area contributed by atoms with Crippen molar-refractivity contribution in [2.75, 3.05) is 19.7 Å². The molecule has 1 rings (SSSR count). The summed E-state index contributed by atoms with van der Waals surface area (Å²) >= 11 is 0. The highest BCUT2D eigenvalue weighted by molar-refractivity contribution is 5.77. The van der Waals surface area contributed by atoms with Crippen LogP contribution in [0.1, 0.15) is 45.4 Å². The summed E-state index contributed by atoms with van der Waals surface area (Å²) in [5.74, 6) is -5.71. The van der Waals surface area contributed by atoms with E-state index in [1.807, 2.05) is 0 Å². The molecule has 1 saturated heterocycles. The quantitative estimate of drug-likeness (QED) is 0.0468. The van der Waals surface area contributed by atoms with Gasteiger partial charge in [0.05, 0.1) is 12.7 Å². The Bertz CT molecular complexity index is 901. The lowest BCUT2D eigenvalue weighted by Gasteiger charge is -2.06. The summed E-state index contributed by atoms with van der Waals surface area (Å²) in [7, 11) is 0. The average Bonchev–Trinajstić information content (AvgIpc) is 3.49. The zero-order valence-corrected chi connectivity index (χ0v) is 24.9. The van der Waals surface area contributed by atoms with Crippen molar-refractivity contribution in [1.82, 2.24) is 5.32 Å². The normalized spacial score (nSPS) is 16.2. The highest BCUT2D eigenvalue weighted by atomic mass is 16.4. The summed E-state index contributed by atoms with van der Waals surface area (Å²) in [5.41, 5.74) is 34.8. The van der Waals surface area contributed by atoms with Crippen LogP contribution in [0.25, 0.3) is 0 Å². The fourth-order valence-corrected chi connectivity index (χ4v) is 2.24. The first kappa shape index (κ1) is 47.7. The Hall–Kier alpha value is -4.19. The van der Waals surface area contributed by atoms with E-state index in [1.54, 1.807) is 0 Å². The number of aliphatic hydroxyl groups is 2. The second-order valence-electron chi connectivity index (χ2n) is 9.06. The standard InChI is InChI=1S/C6H14N4O2.C5H10N2O3.C5H9NO2.C4H9NO3.C3H7NO3/c7-4(5(11)12)2-1-3-10-6(8)9;6-3(5(9)10)1-2-4(7)8;7-5(8)4-2-1-3-6-4;1-2(6)3(5)4(7)8;4-2(1-5)3(6)7/h4H,1-3,7H2,(H,11,12)(H4,8,9,10);3H,1-2,6H2,(H2,7,8)(H,9,10);4,6H,1-3H2,(H,7,8);2-3,6H,5H2,1H3,(H,7,8);2,5H,1,4H2,(H,6,7). The Morgan fingerprint density at radius 2 is 1.27 bits per heavy atom. The number of carbonyl (C=O) groups excluding carboxylic acids is 1. The zero-order valence-electron chi connectivity index (χ0n) is 24.9. The maximum atomic E-state index is 10.2. The lowest BCUT2D eigenvalue weighted by molar-refractivity contribution is -0.141. The van der Waals surface area contributed by atoms with Crippen molar-refractivity contribution in [2.24, 2.45) is 45.1 Å². The van der Waals surface area contributed by atoms with Crippen LogP contribution < -0.4 is 45.5 Å². The molecular weight excluding hydrogens is 610 g/mol. The maximum absolute atomic E-state index is 10.2. The van der Waals surface area contributed by atoms with Crippen LogP contribution in [0, 0.1) is 0 Å². The van der Waals surface area contributed by atoms with Gasteiger partial charge in [-0.25, -0.2) is 0 Å². The van der Waals surface area contributed by atoms with E-state index < -0.39 is 72.6 Å². The summed E-state index contributed by atoms with van der Waals surface area (Å²) in [6.07, 6.45) is 1.88. The number of guanidine groups is 1. The molecule has 264 valence electrons. The third-order valence-corrected chi connectivity index (χ3v) is 4.98. The molecule has 22 N–H and O–H groups in total. The van der Waals surface area contributed by atoms with Crippen LogP contribution in [0.3, 0.4) is 0 Å². The number of carboxylic acids is 5. The molecule has 0 aromatic carbocycles. The number of nitrogens with one attached hydrogen (secondary N) is 1. The molecule has 0 saturated carbocycles. The van der Waals surface area contributed by atoms with Crippen molar-refractivity contribution in [3.63, 3.8) is 0 Å². The summed E-state index contributed by atoms with van der Waals surface area (Å²) < 4.78 is 0. The Kier molecular flexibility index (Phi) is 30.3. The Morgan fingerprint density at radius 3 is 1.49 bits per heavy atom. The van der Waals surface area contributed by atoms with E-state index in [1.165, 1.54) is 6.92 Å². The van der Waals surface area contributed by atoms with Crippen molar-refractivity contribution in [3.8, 4) is 0 Å². The molecule has 22 heteroatoms. The van der Waals surface area contributed by atoms with Crippen LogP contribution in [0.15, 0.2) is 4.99 Å². The molecule has 1 heterocycles. The first-order valence-electron chi connectivity index (χ1n) is 13.1. The Labute approximate surface area is 258 Å². The van der Waals surface area contributed by atoms with E-state index >= 15 is 0 Å². The molecule has 0 aromatic heterocycles. The SMILES string of the molecule is CC(O)C(N)C(=O)O.NC(=O)CCC(N)C(=O)O.NC(CO)C(=O)O.NC(N)=NCCCC(N)C(=O)O.O=C(O)C1CCCN1. The highest BCUT2D eigenvalue weighted by Gasteiger charge is 2.20. The minimum absolute atomic E-state index is 0.0129. The van der Waals surface area contributed by atoms with Crippen LogP contribution in [-0.2, 0) is 28.8 Å². The van der Waals surface area contributed by atoms with Crippen LogP contribution in [0.2, 0.25) is 0 Å². The predicted octanol–water partition coefficient (Wildman–Crippen LogP) is -5.89. The molecule has 1 fully saturated rings. The number of aliphatic carboxylic acids is 5. The van der Waals surface area contributed by atoms with Crippen LogP contribution in [-0.4, -0.2) is 133 Å². The van der Waals surface area contributed by atoms with Crippen molar-refractivity contribution in [3.05, 3.63) is 0 Å². The Morgan fingerprint density at radius 1 is 0.800 bits per heavy atom. The largest absolute Gasteiger partial charge is 0.480 e. The molecule has 1 aliphatic heterocycles. The van der Waals surface area contributed by atoms with Gasteiger partial charge in [-0.2, -0.15) is 0 Å². The van der Waals surface area contributed by atoms with E-state index in [9.17, 15) is 28.8 Å². The lowest BCUT2D eigenvalue weighted by Crippen LogP contribution is -2.39. The minimum Gasteiger partial charge on any atom is -0.480 e. The number of nitrogens with two attached hydrogens (primary N) is 7. The van der Waals surface area contributed by atoms with Crippen LogP contribution in [0.5, 0.6) is 0 Å². The van der Waals surface area contributed by atoms with Gasteiger partial charge in [0.25, 0.3) is 0 Å². The fourth-order valence-electron chi connectivity index (χ4n) is 2.24. The molecule has 1 amide bonds. The number of rotatable bonds is 14. The van der Waals surface area contributed by atoms with Gasteiger partial charge in [-0.05, 0) is 45.6 Å². The summed E-state index contributed by atoms with van der Waals surface area (Å²) in [6.45, 7) is 2.11. The maximum Gasteiger partial charge on any atom is 0.323 e. The number of nitrogens with zero attached hydrogens (tertiary/aromatic N) is 1.